The van der Waals surface area contributed by atoms with Gasteiger partial charge in [-0.1, -0.05) is 13.8 Å². The second kappa shape index (κ2) is 6.34. The minimum Gasteiger partial charge on any atom is -0.309 e. The lowest BCUT2D eigenvalue weighted by Crippen LogP contribution is -2.27. The second-order valence-corrected chi connectivity index (χ2v) is 4.02. The Morgan fingerprint density at radius 1 is 1.56 bits per heavy atom. The van der Waals surface area contributed by atoms with Gasteiger partial charge in [0.1, 0.15) is 0 Å². The molecule has 0 saturated carbocycles. The summed E-state index contributed by atoms with van der Waals surface area (Å²) in [5.74, 6) is 2.71. The summed E-state index contributed by atoms with van der Waals surface area (Å²) in [6.45, 7) is 5.14. The Balaban J connectivity index is 2.56. The Labute approximate surface area is 98.2 Å². The number of aromatic nitrogens is 2. The summed E-state index contributed by atoms with van der Waals surface area (Å²) in [6.07, 6.45) is 10.2. The highest BCUT2D eigenvalue weighted by molar-refractivity contribution is 5.16. The van der Waals surface area contributed by atoms with Crippen LogP contribution < -0.4 is 5.32 Å². The van der Waals surface area contributed by atoms with Crippen molar-refractivity contribution < 1.29 is 0 Å². The van der Waals surface area contributed by atoms with Gasteiger partial charge in [-0.2, -0.15) is 5.10 Å². The maximum absolute atomic E-state index is 5.33. The monoisotopic (exact) mass is 219 g/mol. The first-order valence-corrected chi connectivity index (χ1v) is 5.89. The van der Waals surface area contributed by atoms with E-state index in [1.165, 1.54) is 11.3 Å². The van der Waals surface area contributed by atoms with Crippen molar-refractivity contribution in [2.45, 2.75) is 45.7 Å². The van der Waals surface area contributed by atoms with E-state index in [1.807, 2.05) is 11.7 Å². The molecule has 1 atom stereocenters. The molecule has 0 amide bonds. The van der Waals surface area contributed by atoms with E-state index in [9.17, 15) is 0 Å². The summed E-state index contributed by atoms with van der Waals surface area (Å²) < 4.78 is 1.87. The van der Waals surface area contributed by atoms with Crippen molar-refractivity contribution >= 4 is 0 Å². The molecule has 1 unspecified atom stereocenters. The molecule has 0 aromatic carbocycles. The van der Waals surface area contributed by atoms with Crippen molar-refractivity contribution in [2.24, 2.45) is 7.05 Å². The minimum absolute atomic E-state index is 0.412. The lowest BCUT2D eigenvalue weighted by Gasteiger charge is -2.13. The van der Waals surface area contributed by atoms with Crippen LogP contribution in [0.2, 0.25) is 0 Å². The molecule has 3 heteroatoms. The van der Waals surface area contributed by atoms with Crippen molar-refractivity contribution in [3.63, 3.8) is 0 Å². The third-order valence-electron chi connectivity index (χ3n) is 2.76. The van der Waals surface area contributed by atoms with Crippen molar-refractivity contribution in [1.29, 1.82) is 0 Å². The maximum atomic E-state index is 5.33. The quantitative estimate of drug-likeness (QED) is 0.740. The van der Waals surface area contributed by atoms with Crippen molar-refractivity contribution in [2.75, 3.05) is 0 Å². The number of nitrogens with zero attached hydrogens (tertiary/aromatic N) is 2. The number of terminal acetylenes is 1. The molecule has 0 aliphatic heterocycles. The van der Waals surface area contributed by atoms with E-state index in [1.54, 1.807) is 0 Å². The molecular weight excluding hydrogens is 198 g/mol. The van der Waals surface area contributed by atoms with Gasteiger partial charge in [-0.3, -0.25) is 4.68 Å². The zero-order valence-electron chi connectivity index (χ0n) is 10.5. The Kier molecular flexibility index (Phi) is 5.07. The van der Waals surface area contributed by atoms with E-state index in [0.29, 0.717) is 6.04 Å². The van der Waals surface area contributed by atoms with Gasteiger partial charge in [0.25, 0.3) is 0 Å². The molecule has 3 nitrogen and oxygen atoms in total. The molecule has 0 bridgehead atoms. The van der Waals surface area contributed by atoms with Gasteiger partial charge in [0.05, 0.1) is 5.69 Å². The van der Waals surface area contributed by atoms with Gasteiger partial charge < -0.3 is 5.32 Å². The zero-order chi connectivity index (χ0) is 12.0. The normalized spacial score (nSPS) is 12.4. The standard InChI is InChI=1S/C13H21N3/c1-5-8-12(6-2)14-9-11-10-16(4)15-13(11)7-3/h1,10,12,14H,6-9H2,2-4H3. The molecular formula is C13H21N3. The topological polar surface area (TPSA) is 29.9 Å². The molecule has 1 rings (SSSR count). The van der Waals surface area contributed by atoms with E-state index >= 15 is 0 Å². The highest BCUT2D eigenvalue weighted by Crippen LogP contribution is 2.08. The number of rotatable bonds is 6. The first-order chi connectivity index (χ1) is 7.71. The molecule has 1 N–H and O–H groups in total. The van der Waals surface area contributed by atoms with Crippen LogP contribution in [0.3, 0.4) is 0 Å². The highest BCUT2D eigenvalue weighted by Gasteiger charge is 2.08. The van der Waals surface area contributed by atoms with Crippen LogP contribution in [-0.4, -0.2) is 15.8 Å². The average Bonchev–Trinajstić information content (AvgIpc) is 2.65. The molecule has 88 valence electrons. The molecule has 16 heavy (non-hydrogen) atoms. The fraction of sp³-hybridized carbons (Fsp3) is 0.615. The molecule has 1 aromatic heterocycles. The van der Waals surface area contributed by atoms with Gasteiger partial charge in [0.15, 0.2) is 0 Å². The summed E-state index contributed by atoms with van der Waals surface area (Å²) in [5, 5.41) is 7.89. The summed E-state index contributed by atoms with van der Waals surface area (Å²) in [5.41, 5.74) is 2.45. The molecule has 1 heterocycles. The SMILES string of the molecule is C#CCC(CC)NCc1cn(C)nc1CC. The lowest BCUT2D eigenvalue weighted by atomic mass is 10.1. The molecule has 0 radical (unpaired) electrons. The van der Waals surface area contributed by atoms with Crippen LogP contribution in [0.4, 0.5) is 0 Å². The third-order valence-corrected chi connectivity index (χ3v) is 2.76. The molecule has 0 aliphatic rings. The van der Waals surface area contributed by atoms with Crippen molar-refractivity contribution in [1.82, 2.24) is 15.1 Å². The fourth-order valence-corrected chi connectivity index (χ4v) is 1.79. The lowest BCUT2D eigenvalue weighted by molar-refractivity contribution is 0.505. The molecule has 0 fully saturated rings. The first kappa shape index (κ1) is 12.8. The smallest absolute Gasteiger partial charge is 0.0666 e. The van der Waals surface area contributed by atoms with Crippen LogP contribution in [0.15, 0.2) is 6.20 Å². The van der Waals surface area contributed by atoms with Gasteiger partial charge >= 0.3 is 0 Å². The zero-order valence-corrected chi connectivity index (χ0v) is 10.5. The maximum Gasteiger partial charge on any atom is 0.0666 e. The minimum atomic E-state index is 0.412. The number of nitrogens with one attached hydrogen (secondary N) is 1. The third kappa shape index (κ3) is 3.39. The van der Waals surface area contributed by atoms with E-state index in [-0.39, 0.29) is 0 Å². The molecule has 0 spiro atoms. The van der Waals surface area contributed by atoms with E-state index in [2.05, 4.69) is 36.4 Å². The summed E-state index contributed by atoms with van der Waals surface area (Å²) in [6, 6.07) is 0.412. The van der Waals surface area contributed by atoms with Gasteiger partial charge in [-0.15, -0.1) is 12.3 Å². The van der Waals surface area contributed by atoms with Crippen LogP contribution in [0.1, 0.15) is 37.9 Å². The Bertz CT molecular complexity index is 360. The number of hydrogen-bond acceptors (Lipinski definition) is 2. The first-order valence-electron chi connectivity index (χ1n) is 5.89. The van der Waals surface area contributed by atoms with Crippen LogP contribution in [0, 0.1) is 12.3 Å². The fourth-order valence-electron chi connectivity index (χ4n) is 1.79. The van der Waals surface area contributed by atoms with E-state index in [0.717, 1.165) is 25.8 Å². The number of aryl methyl sites for hydroxylation is 2. The Morgan fingerprint density at radius 2 is 2.31 bits per heavy atom. The summed E-state index contributed by atoms with van der Waals surface area (Å²) >= 11 is 0. The Hall–Kier alpha value is -1.27. The van der Waals surface area contributed by atoms with E-state index < -0.39 is 0 Å². The Morgan fingerprint density at radius 3 is 2.88 bits per heavy atom. The van der Waals surface area contributed by atoms with E-state index in [4.69, 9.17) is 6.42 Å². The van der Waals surface area contributed by atoms with Crippen LogP contribution >= 0.6 is 0 Å². The van der Waals surface area contributed by atoms with Gasteiger partial charge in [-0.05, 0) is 12.8 Å². The molecule has 0 saturated heterocycles. The largest absolute Gasteiger partial charge is 0.309 e. The van der Waals surface area contributed by atoms with Gasteiger partial charge in [-0.25, -0.2) is 0 Å². The predicted octanol–water partition coefficient (Wildman–Crippen LogP) is 1.87. The number of hydrogen-bond donors (Lipinski definition) is 1. The average molecular weight is 219 g/mol. The van der Waals surface area contributed by atoms with Crippen LogP contribution in [0.5, 0.6) is 0 Å². The predicted molar refractivity (Wildman–Crippen MR) is 67.0 cm³/mol. The van der Waals surface area contributed by atoms with Crippen LogP contribution in [-0.2, 0) is 20.0 Å². The van der Waals surface area contributed by atoms with Gasteiger partial charge in [0.2, 0.25) is 0 Å². The summed E-state index contributed by atoms with van der Waals surface area (Å²) in [4.78, 5) is 0. The highest BCUT2D eigenvalue weighted by atomic mass is 15.3. The van der Waals surface area contributed by atoms with Crippen LogP contribution in [0.25, 0.3) is 0 Å². The summed E-state index contributed by atoms with van der Waals surface area (Å²) in [7, 11) is 1.96. The second-order valence-electron chi connectivity index (χ2n) is 4.02. The molecule has 0 aliphatic carbocycles. The molecule has 1 aromatic rings. The van der Waals surface area contributed by atoms with Crippen molar-refractivity contribution in [3.8, 4) is 12.3 Å². The van der Waals surface area contributed by atoms with Crippen molar-refractivity contribution in [3.05, 3.63) is 17.5 Å². The van der Waals surface area contributed by atoms with Gasteiger partial charge in [0, 0.05) is 37.8 Å².